The second kappa shape index (κ2) is 7.70. The molecule has 0 saturated carbocycles. The fourth-order valence-electron chi connectivity index (χ4n) is 4.26. The van der Waals surface area contributed by atoms with E-state index in [1.807, 2.05) is 18.2 Å². The first kappa shape index (κ1) is 20.3. The van der Waals surface area contributed by atoms with Gasteiger partial charge in [0.15, 0.2) is 0 Å². The van der Waals surface area contributed by atoms with E-state index in [1.165, 1.54) is 23.7 Å². The van der Waals surface area contributed by atoms with Gasteiger partial charge in [0.1, 0.15) is 21.5 Å². The van der Waals surface area contributed by atoms with Crippen molar-refractivity contribution >= 4 is 34.3 Å². The Hall–Kier alpha value is -1.96. The average Bonchev–Trinajstić information content (AvgIpc) is 3.08. The number of rotatable bonds is 3. The lowest BCUT2D eigenvalue weighted by Gasteiger charge is -2.45. The van der Waals surface area contributed by atoms with E-state index in [4.69, 9.17) is 17.3 Å². The minimum atomic E-state index is -0.891. The third kappa shape index (κ3) is 3.35. The van der Waals surface area contributed by atoms with E-state index in [1.54, 1.807) is 0 Å². The highest BCUT2D eigenvalue weighted by molar-refractivity contribution is 8.15. The standard InChI is InChI=1S/C21H20ClF2N3OS/c1-12(28)27-21(29-20(26-27)17-11-16(23)6-7-19(17)24)14(8-9-25)4-2-13-3-5-15(22)10-18(13)21/h3,5-7,10-11,14H,2,4,8-9,25H2,1H3/t14-,21-/m1/s1. The Labute approximate surface area is 177 Å². The first-order valence-corrected chi connectivity index (χ1v) is 10.6. The predicted octanol–water partition coefficient (Wildman–Crippen LogP) is 4.64. The van der Waals surface area contributed by atoms with Gasteiger partial charge in [-0.15, -0.1) is 0 Å². The molecule has 29 heavy (non-hydrogen) atoms. The molecule has 1 aliphatic heterocycles. The van der Waals surface area contributed by atoms with Gasteiger partial charge in [0.2, 0.25) is 5.91 Å². The summed E-state index contributed by atoms with van der Waals surface area (Å²) in [6, 6.07) is 8.87. The quantitative estimate of drug-likeness (QED) is 0.764. The molecule has 2 aromatic rings. The lowest BCUT2D eigenvalue weighted by molar-refractivity contribution is -0.134. The van der Waals surface area contributed by atoms with Crippen molar-refractivity contribution < 1.29 is 13.6 Å². The van der Waals surface area contributed by atoms with Crippen LogP contribution in [0.15, 0.2) is 41.5 Å². The number of aryl methyl sites for hydroxylation is 1. The molecule has 152 valence electrons. The molecule has 4 nitrogen and oxygen atoms in total. The lowest BCUT2D eigenvalue weighted by atomic mass is 9.77. The molecule has 0 bridgehead atoms. The van der Waals surface area contributed by atoms with Gasteiger partial charge in [-0.2, -0.15) is 5.10 Å². The van der Waals surface area contributed by atoms with Crippen LogP contribution >= 0.6 is 23.4 Å². The van der Waals surface area contributed by atoms with Gasteiger partial charge in [0.05, 0.1) is 0 Å². The highest BCUT2D eigenvalue weighted by Gasteiger charge is 2.55. The van der Waals surface area contributed by atoms with Crippen molar-refractivity contribution in [1.29, 1.82) is 0 Å². The Morgan fingerprint density at radius 2 is 2.14 bits per heavy atom. The molecule has 0 fully saturated rings. The summed E-state index contributed by atoms with van der Waals surface area (Å²) in [6.45, 7) is 1.87. The molecule has 0 aromatic heterocycles. The topological polar surface area (TPSA) is 58.7 Å². The van der Waals surface area contributed by atoms with Gasteiger partial charge in [0.25, 0.3) is 0 Å². The molecule has 1 aliphatic carbocycles. The van der Waals surface area contributed by atoms with Crippen molar-refractivity contribution in [3.05, 3.63) is 69.7 Å². The smallest absolute Gasteiger partial charge is 0.241 e. The second-order valence-corrected chi connectivity index (χ2v) is 8.92. The molecule has 8 heteroatoms. The summed E-state index contributed by atoms with van der Waals surface area (Å²) in [4.78, 5) is 11.8. The third-order valence-corrected chi connectivity index (χ3v) is 7.27. The molecule has 0 unspecified atom stereocenters. The Morgan fingerprint density at radius 3 is 2.86 bits per heavy atom. The van der Waals surface area contributed by atoms with E-state index in [0.29, 0.717) is 18.0 Å². The number of hydrazone groups is 1. The highest BCUT2D eigenvalue weighted by atomic mass is 35.5. The Kier molecular flexibility index (Phi) is 5.40. The molecule has 1 heterocycles. The number of carbonyl (C=O) groups is 1. The number of benzene rings is 2. The largest absolute Gasteiger partial charge is 0.330 e. The molecule has 0 saturated heterocycles. The van der Waals surface area contributed by atoms with Gasteiger partial charge in [-0.05, 0) is 73.2 Å². The first-order valence-electron chi connectivity index (χ1n) is 9.39. The van der Waals surface area contributed by atoms with Gasteiger partial charge in [-0.1, -0.05) is 29.4 Å². The lowest BCUT2D eigenvalue weighted by Crippen LogP contribution is -2.49. The fourth-order valence-corrected chi connectivity index (χ4v) is 6.08. The Balaban J connectivity index is 1.91. The summed E-state index contributed by atoms with van der Waals surface area (Å²) in [6.07, 6.45) is 2.29. The van der Waals surface area contributed by atoms with Crippen LogP contribution in [0.4, 0.5) is 8.78 Å². The molecular weight excluding hydrogens is 416 g/mol. The van der Waals surface area contributed by atoms with Crippen molar-refractivity contribution in [2.45, 2.75) is 31.1 Å². The van der Waals surface area contributed by atoms with Crippen molar-refractivity contribution in [3.8, 4) is 0 Å². The molecular formula is C21H20ClF2N3OS. The summed E-state index contributed by atoms with van der Waals surface area (Å²) < 4.78 is 28.3. The van der Waals surface area contributed by atoms with E-state index < -0.39 is 16.5 Å². The van der Waals surface area contributed by atoms with Gasteiger partial charge in [0, 0.05) is 17.5 Å². The number of halogens is 3. The number of carbonyl (C=O) groups excluding carboxylic acids is 1. The van der Waals surface area contributed by atoms with E-state index in [-0.39, 0.29) is 22.4 Å². The van der Waals surface area contributed by atoms with E-state index in [0.717, 1.165) is 42.2 Å². The van der Waals surface area contributed by atoms with Crippen molar-refractivity contribution in [2.24, 2.45) is 16.8 Å². The number of amides is 1. The molecule has 4 rings (SSSR count). The number of fused-ring (bicyclic) bond motifs is 2. The maximum Gasteiger partial charge on any atom is 0.241 e. The third-order valence-electron chi connectivity index (χ3n) is 5.50. The number of hydrogen-bond donors (Lipinski definition) is 1. The molecule has 1 amide bonds. The normalized spacial score (nSPS) is 23.3. The van der Waals surface area contributed by atoms with Crippen LogP contribution in [-0.4, -0.2) is 22.5 Å². The summed E-state index contributed by atoms with van der Waals surface area (Å²) in [5.74, 6) is -1.44. The van der Waals surface area contributed by atoms with Crippen LogP contribution in [0.5, 0.6) is 0 Å². The van der Waals surface area contributed by atoms with Gasteiger partial charge in [-0.3, -0.25) is 4.79 Å². The zero-order chi connectivity index (χ0) is 20.8. The average molecular weight is 436 g/mol. The minimum absolute atomic E-state index is 0.00904. The second-order valence-electron chi connectivity index (χ2n) is 7.27. The molecule has 2 N–H and O–H groups in total. The van der Waals surface area contributed by atoms with Crippen molar-refractivity contribution in [3.63, 3.8) is 0 Å². The summed E-state index contributed by atoms with van der Waals surface area (Å²) in [5.41, 5.74) is 7.87. The van der Waals surface area contributed by atoms with Crippen LogP contribution in [0.1, 0.15) is 36.5 Å². The summed E-state index contributed by atoms with van der Waals surface area (Å²) in [7, 11) is 0. The van der Waals surface area contributed by atoms with E-state index in [2.05, 4.69) is 5.10 Å². The van der Waals surface area contributed by atoms with E-state index in [9.17, 15) is 13.6 Å². The maximum atomic E-state index is 14.5. The molecule has 2 aromatic carbocycles. The number of hydrogen-bond acceptors (Lipinski definition) is 4. The zero-order valence-electron chi connectivity index (χ0n) is 15.8. The first-order chi connectivity index (χ1) is 13.9. The van der Waals surface area contributed by atoms with Gasteiger partial charge < -0.3 is 5.73 Å². The van der Waals surface area contributed by atoms with E-state index >= 15 is 0 Å². The number of nitrogens with two attached hydrogens (primary N) is 1. The molecule has 1 spiro atoms. The van der Waals surface area contributed by atoms with Gasteiger partial charge in [-0.25, -0.2) is 13.8 Å². The Bertz CT molecular complexity index is 1020. The summed E-state index contributed by atoms with van der Waals surface area (Å²) >= 11 is 7.59. The number of nitrogens with zero attached hydrogens (tertiary/aromatic N) is 2. The van der Waals surface area contributed by atoms with Crippen LogP contribution in [-0.2, 0) is 16.1 Å². The summed E-state index contributed by atoms with van der Waals surface area (Å²) in [5, 5.41) is 6.70. The predicted molar refractivity (Wildman–Crippen MR) is 112 cm³/mol. The molecule has 2 aliphatic rings. The SMILES string of the molecule is CC(=O)N1N=C(c2cc(F)ccc2F)S[C@]12c1cc(Cl)ccc1CC[C@@H]2CCN. The maximum absolute atomic E-state index is 14.5. The van der Waals surface area contributed by atoms with Crippen LogP contribution in [0.3, 0.4) is 0 Å². The number of thioether (sulfide) groups is 1. The Morgan fingerprint density at radius 1 is 1.34 bits per heavy atom. The molecule has 2 atom stereocenters. The highest BCUT2D eigenvalue weighted by Crippen LogP contribution is 2.57. The van der Waals surface area contributed by atoms with Crippen LogP contribution in [0, 0.1) is 17.6 Å². The van der Waals surface area contributed by atoms with Gasteiger partial charge >= 0.3 is 0 Å². The van der Waals surface area contributed by atoms with Crippen molar-refractivity contribution in [1.82, 2.24) is 5.01 Å². The fraction of sp³-hybridized carbons (Fsp3) is 0.333. The van der Waals surface area contributed by atoms with Crippen LogP contribution in [0.2, 0.25) is 5.02 Å². The minimum Gasteiger partial charge on any atom is -0.330 e. The van der Waals surface area contributed by atoms with Crippen LogP contribution < -0.4 is 5.73 Å². The molecule has 0 radical (unpaired) electrons. The zero-order valence-corrected chi connectivity index (χ0v) is 17.4. The van der Waals surface area contributed by atoms with Crippen LogP contribution in [0.25, 0.3) is 0 Å². The van der Waals surface area contributed by atoms with Crippen molar-refractivity contribution in [2.75, 3.05) is 6.54 Å². The monoisotopic (exact) mass is 435 g/mol.